The molecule has 1 aliphatic rings. The first kappa shape index (κ1) is 28.1. The summed E-state index contributed by atoms with van der Waals surface area (Å²) in [5, 5.41) is 2.95. The molecule has 1 saturated heterocycles. The number of nitrogens with one attached hydrogen (secondary N) is 1. The molecule has 0 bridgehead atoms. The zero-order valence-electron chi connectivity index (χ0n) is 24.5. The number of aryl methyl sites for hydroxylation is 1. The zero-order valence-corrected chi connectivity index (χ0v) is 24.5. The lowest BCUT2D eigenvalue weighted by Crippen LogP contribution is -2.59. The molecule has 1 fully saturated rings. The van der Waals surface area contributed by atoms with Gasteiger partial charge in [0, 0.05) is 50.1 Å². The Bertz CT molecular complexity index is 1600. The average molecular weight is 561 g/mol. The average Bonchev–Trinajstić information content (AvgIpc) is 3.27. The van der Waals surface area contributed by atoms with Crippen LogP contribution in [0.1, 0.15) is 57.6 Å². The number of pyridine rings is 2. The molecular weight excluding hydrogens is 524 g/mol. The first-order chi connectivity index (χ1) is 19.4. The maximum Gasteiger partial charge on any atom is 0.410 e. The van der Waals surface area contributed by atoms with E-state index in [2.05, 4.69) is 30.2 Å². The van der Waals surface area contributed by atoms with Crippen LogP contribution < -0.4 is 15.0 Å². The summed E-state index contributed by atoms with van der Waals surface area (Å²) in [5.74, 6) is 0.816. The van der Waals surface area contributed by atoms with Gasteiger partial charge in [0.05, 0.1) is 35.6 Å². The quantitative estimate of drug-likeness (QED) is 0.376. The van der Waals surface area contributed by atoms with E-state index < -0.39 is 5.60 Å². The van der Waals surface area contributed by atoms with Gasteiger partial charge in [-0.2, -0.15) is 0 Å². The molecule has 12 heteroatoms. The van der Waals surface area contributed by atoms with E-state index in [0.717, 1.165) is 5.69 Å². The molecule has 216 valence electrons. The van der Waals surface area contributed by atoms with Crippen LogP contribution >= 0.6 is 0 Å². The number of nitrogens with zero attached hydrogens (tertiary/aromatic N) is 7. The standard InChI is InChI=1S/C29H36N8O4/c1-8-40-22-11-20(16-35-13-17(2)33-25(22)35)34-27(38)21-12-32-26(24-23(21)30-9-10-31-24)36-14-18(3)37(19(4)15-36)28(39)41-29(5,6)7/h9-13,16,18-19H,8,14-15H2,1-7H3,(H,34,38)/t18-,19+. The Kier molecular flexibility index (Phi) is 7.41. The van der Waals surface area contributed by atoms with Gasteiger partial charge in [0.15, 0.2) is 17.2 Å². The van der Waals surface area contributed by atoms with Crippen molar-refractivity contribution in [2.45, 2.75) is 66.2 Å². The third kappa shape index (κ3) is 5.72. The van der Waals surface area contributed by atoms with E-state index in [0.29, 0.717) is 59.2 Å². The molecule has 0 aromatic carbocycles. The molecule has 0 unspecified atom stereocenters. The molecule has 5 rings (SSSR count). The van der Waals surface area contributed by atoms with Gasteiger partial charge < -0.3 is 24.1 Å². The first-order valence-corrected chi connectivity index (χ1v) is 13.7. The summed E-state index contributed by atoms with van der Waals surface area (Å²) < 4.78 is 13.2. The fourth-order valence-electron chi connectivity index (χ4n) is 5.23. The van der Waals surface area contributed by atoms with E-state index in [1.807, 2.05) is 59.1 Å². The summed E-state index contributed by atoms with van der Waals surface area (Å²) in [5.41, 5.74) is 2.74. The number of carbonyl (C=O) groups excluding carboxylic acids is 2. The second-order valence-corrected chi connectivity index (χ2v) is 11.3. The van der Waals surface area contributed by atoms with Crippen molar-refractivity contribution in [3.05, 3.63) is 48.3 Å². The lowest BCUT2D eigenvalue weighted by molar-refractivity contribution is 0.00561. The molecule has 0 saturated carbocycles. The summed E-state index contributed by atoms with van der Waals surface area (Å²) in [6, 6.07) is 1.49. The van der Waals surface area contributed by atoms with E-state index in [1.54, 1.807) is 29.6 Å². The maximum absolute atomic E-state index is 13.5. The third-order valence-electron chi connectivity index (χ3n) is 6.74. The number of anilines is 2. The van der Waals surface area contributed by atoms with Crippen molar-refractivity contribution >= 4 is 40.2 Å². The molecule has 0 radical (unpaired) electrons. The van der Waals surface area contributed by atoms with Gasteiger partial charge in [0.1, 0.15) is 16.6 Å². The zero-order chi connectivity index (χ0) is 29.5. The summed E-state index contributed by atoms with van der Waals surface area (Å²) in [4.78, 5) is 48.5. The van der Waals surface area contributed by atoms with E-state index in [9.17, 15) is 9.59 Å². The number of ether oxygens (including phenoxy) is 2. The maximum atomic E-state index is 13.5. The fourth-order valence-corrected chi connectivity index (χ4v) is 5.23. The minimum absolute atomic E-state index is 0.133. The Balaban J connectivity index is 1.42. The molecule has 0 aliphatic carbocycles. The van der Waals surface area contributed by atoms with Crippen LogP contribution in [0.5, 0.6) is 5.75 Å². The van der Waals surface area contributed by atoms with Gasteiger partial charge in [-0.15, -0.1) is 0 Å². The molecule has 2 atom stereocenters. The lowest BCUT2D eigenvalue weighted by Gasteiger charge is -2.44. The Morgan fingerprint density at radius 2 is 1.73 bits per heavy atom. The number of carbonyl (C=O) groups is 2. The van der Waals surface area contributed by atoms with Gasteiger partial charge in [-0.1, -0.05) is 0 Å². The third-order valence-corrected chi connectivity index (χ3v) is 6.74. The predicted octanol–water partition coefficient (Wildman–Crippen LogP) is 4.47. The Hall–Kier alpha value is -4.48. The van der Waals surface area contributed by atoms with Gasteiger partial charge in [-0.05, 0) is 48.5 Å². The number of aromatic nitrogens is 5. The molecule has 4 aromatic heterocycles. The number of imidazole rings is 1. The Morgan fingerprint density at radius 3 is 2.39 bits per heavy atom. The van der Waals surface area contributed by atoms with Crippen LogP contribution in [-0.2, 0) is 4.74 Å². The number of amides is 2. The lowest BCUT2D eigenvalue weighted by atomic mass is 10.1. The highest BCUT2D eigenvalue weighted by atomic mass is 16.6. The summed E-state index contributed by atoms with van der Waals surface area (Å²) in [6.07, 6.45) is 8.00. The molecule has 2 amide bonds. The van der Waals surface area contributed by atoms with Crippen molar-refractivity contribution < 1.29 is 19.1 Å². The van der Waals surface area contributed by atoms with Crippen molar-refractivity contribution in [2.24, 2.45) is 0 Å². The number of hydrogen-bond acceptors (Lipinski definition) is 9. The number of rotatable bonds is 5. The number of hydrogen-bond donors (Lipinski definition) is 1. The van der Waals surface area contributed by atoms with Crippen molar-refractivity contribution in [1.82, 2.24) is 29.2 Å². The van der Waals surface area contributed by atoms with Gasteiger partial charge in [-0.3, -0.25) is 14.7 Å². The second kappa shape index (κ2) is 10.8. The second-order valence-electron chi connectivity index (χ2n) is 11.3. The Labute approximate surface area is 238 Å². The van der Waals surface area contributed by atoms with E-state index in [1.165, 1.54) is 6.20 Å². The molecular formula is C29H36N8O4. The van der Waals surface area contributed by atoms with Crippen LogP contribution in [0.15, 0.2) is 37.1 Å². The van der Waals surface area contributed by atoms with Crippen LogP contribution in [0.2, 0.25) is 0 Å². The minimum Gasteiger partial charge on any atom is -0.490 e. The monoisotopic (exact) mass is 560 g/mol. The Morgan fingerprint density at radius 1 is 1.05 bits per heavy atom. The van der Waals surface area contributed by atoms with Crippen molar-refractivity contribution in [3.8, 4) is 5.75 Å². The molecule has 4 aromatic rings. The van der Waals surface area contributed by atoms with E-state index >= 15 is 0 Å². The van der Waals surface area contributed by atoms with Gasteiger partial charge >= 0.3 is 6.09 Å². The summed E-state index contributed by atoms with van der Waals surface area (Å²) >= 11 is 0. The fraction of sp³-hybridized carbons (Fsp3) is 0.448. The van der Waals surface area contributed by atoms with Crippen molar-refractivity contribution in [2.75, 3.05) is 29.9 Å². The topological polar surface area (TPSA) is 127 Å². The predicted molar refractivity (Wildman–Crippen MR) is 156 cm³/mol. The van der Waals surface area contributed by atoms with Gasteiger partial charge in [-0.25, -0.2) is 19.7 Å². The van der Waals surface area contributed by atoms with Crippen LogP contribution in [0.25, 0.3) is 16.7 Å². The van der Waals surface area contributed by atoms with Gasteiger partial charge in [0.2, 0.25) is 0 Å². The number of fused-ring (bicyclic) bond motifs is 2. The highest BCUT2D eigenvalue weighted by Crippen LogP contribution is 2.30. The number of piperazine rings is 1. The SMILES string of the molecule is CCOc1cc(NC(=O)c2cnc(N3C[C@@H](C)N(C(=O)OC(C)(C)C)[C@@H](C)C3)c3nccnc23)cn2cc(C)nc12. The molecule has 5 heterocycles. The van der Waals surface area contributed by atoms with Crippen LogP contribution in [0, 0.1) is 6.92 Å². The smallest absolute Gasteiger partial charge is 0.410 e. The van der Waals surface area contributed by atoms with E-state index in [4.69, 9.17) is 9.47 Å². The highest BCUT2D eigenvalue weighted by Gasteiger charge is 2.37. The highest BCUT2D eigenvalue weighted by molar-refractivity contribution is 6.12. The molecule has 1 N–H and O–H groups in total. The van der Waals surface area contributed by atoms with Crippen LogP contribution in [0.4, 0.5) is 16.3 Å². The minimum atomic E-state index is -0.578. The normalized spacial score (nSPS) is 17.6. The van der Waals surface area contributed by atoms with Gasteiger partial charge in [0.25, 0.3) is 5.91 Å². The largest absolute Gasteiger partial charge is 0.490 e. The molecule has 41 heavy (non-hydrogen) atoms. The van der Waals surface area contributed by atoms with E-state index in [-0.39, 0.29) is 24.1 Å². The van der Waals surface area contributed by atoms with Crippen molar-refractivity contribution in [1.29, 1.82) is 0 Å². The van der Waals surface area contributed by atoms with Crippen molar-refractivity contribution in [3.63, 3.8) is 0 Å². The summed E-state index contributed by atoms with van der Waals surface area (Å²) in [6.45, 7) is 14.9. The first-order valence-electron chi connectivity index (χ1n) is 13.7. The molecule has 12 nitrogen and oxygen atoms in total. The molecule has 1 aliphatic heterocycles. The van der Waals surface area contributed by atoms with Crippen LogP contribution in [0.3, 0.4) is 0 Å². The molecule has 0 spiro atoms. The summed E-state index contributed by atoms with van der Waals surface area (Å²) in [7, 11) is 0. The van der Waals surface area contributed by atoms with Crippen LogP contribution in [-0.4, -0.2) is 78.6 Å².